The Bertz CT molecular complexity index is 638. The molecule has 0 aliphatic rings. The number of ether oxygens (including phenoxy) is 1. The maximum absolute atomic E-state index is 11.8. The highest BCUT2D eigenvalue weighted by Gasteiger charge is 2.17. The minimum Gasteiger partial charge on any atom is -0.465 e. The van der Waals surface area contributed by atoms with Gasteiger partial charge >= 0.3 is 5.97 Å². The van der Waals surface area contributed by atoms with Crippen molar-refractivity contribution in [2.24, 2.45) is 0 Å². The van der Waals surface area contributed by atoms with Crippen LogP contribution in [-0.2, 0) is 4.74 Å². The fourth-order valence-corrected chi connectivity index (χ4v) is 1.99. The quantitative estimate of drug-likeness (QED) is 0.803. The Hall–Kier alpha value is -2.36. The molecule has 0 saturated carbocycles. The molecule has 0 aliphatic carbocycles. The van der Waals surface area contributed by atoms with Crippen molar-refractivity contribution in [3.05, 3.63) is 53.2 Å². The fourth-order valence-electron chi connectivity index (χ4n) is 1.99. The van der Waals surface area contributed by atoms with Gasteiger partial charge in [-0.05, 0) is 49.2 Å². The topological polar surface area (TPSA) is 42.4 Å². The fraction of sp³-hybridized carbons (Fsp3) is 0.250. The second-order valence-electron chi connectivity index (χ2n) is 4.69. The summed E-state index contributed by atoms with van der Waals surface area (Å²) in [7, 11) is 3.26. The van der Waals surface area contributed by atoms with Crippen LogP contribution in [0.25, 0.3) is 0 Å². The second kappa shape index (κ2) is 5.74. The van der Waals surface area contributed by atoms with Gasteiger partial charge in [0.15, 0.2) is 0 Å². The third kappa shape index (κ3) is 2.64. The zero-order valence-electron chi connectivity index (χ0n) is 12.2. The first-order valence-corrected chi connectivity index (χ1v) is 6.39. The molecule has 4 nitrogen and oxygen atoms in total. The molecule has 0 radical (unpaired) electrons. The van der Waals surface area contributed by atoms with Crippen LogP contribution in [0.3, 0.4) is 0 Å². The summed E-state index contributed by atoms with van der Waals surface area (Å²) in [5.74, 6) is 0.200. The van der Waals surface area contributed by atoms with Gasteiger partial charge in [-0.3, -0.25) is 0 Å². The van der Waals surface area contributed by atoms with E-state index in [9.17, 15) is 4.79 Å². The van der Waals surface area contributed by atoms with Gasteiger partial charge in [-0.1, -0.05) is 6.07 Å². The SMILES string of the molecule is COC(=O)c1cccnc1N(C)c1ccc(C)c(C)c1. The molecule has 2 rings (SSSR count). The van der Waals surface area contributed by atoms with Crippen LogP contribution in [0.5, 0.6) is 0 Å². The third-order valence-electron chi connectivity index (χ3n) is 3.39. The second-order valence-corrected chi connectivity index (χ2v) is 4.69. The van der Waals surface area contributed by atoms with Gasteiger partial charge in [0.2, 0.25) is 0 Å². The largest absolute Gasteiger partial charge is 0.465 e. The van der Waals surface area contributed by atoms with Gasteiger partial charge in [0.25, 0.3) is 0 Å². The van der Waals surface area contributed by atoms with Crippen molar-refractivity contribution >= 4 is 17.5 Å². The van der Waals surface area contributed by atoms with Crippen molar-refractivity contribution in [2.45, 2.75) is 13.8 Å². The van der Waals surface area contributed by atoms with Gasteiger partial charge in [0.05, 0.1) is 7.11 Å². The van der Waals surface area contributed by atoms with Gasteiger partial charge in [-0.2, -0.15) is 0 Å². The number of benzene rings is 1. The van der Waals surface area contributed by atoms with Crippen LogP contribution in [0, 0.1) is 13.8 Å². The summed E-state index contributed by atoms with van der Waals surface area (Å²) >= 11 is 0. The van der Waals surface area contributed by atoms with Gasteiger partial charge in [-0.25, -0.2) is 9.78 Å². The molecule has 0 atom stereocenters. The van der Waals surface area contributed by atoms with Crippen molar-refractivity contribution in [3.8, 4) is 0 Å². The highest BCUT2D eigenvalue weighted by molar-refractivity contribution is 5.95. The van der Waals surface area contributed by atoms with Crippen molar-refractivity contribution in [1.82, 2.24) is 4.98 Å². The van der Waals surface area contributed by atoms with E-state index in [4.69, 9.17) is 4.74 Å². The summed E-state index contributed by atoms with van der Waals surface area (Å²) in [6, 6.07) is 9.58. The molecular weight excluding hydrogens is 252 g/mol. The molecule has 2 aromatic rings. The number of hydrogen-bond acceptors (Lipinski definition) is 4. The molecule has 0 aliphatic heterocycles. The average molecular weight is 270 g/mol. The van der Waals surface area contributed by atoms with Crippen LogP contribution in [0.15, 0.2) is 36.5 Å². The molecule has 4 heteroatoms. The molecule has 0 N–H and O–H groups in total. The average Bonchev–Trinajstić information content (AvgIpc) is 2.48. The number of aromatic nitrogens is 1. The number of esters is 1. The summed E-state index contributed by atoms with van der Waals surface area (Å²) in [5, 5.41) is 0. The van der Waals surface area contributed by atoms with E-state index in [0.717, 1.165) is 5.69 Å². The number of carbonyl (C=O) groups excluding carboxylic acids is 1. The first kappa shape index (κ1) is 14.1. The monoisotopic (exact) mass is 270 g/mol. The van der Waals surface area contributed by atoms with Crippen LogP contribution in [-0.4, -0.2) is 25.1 Å². The van der Waals surface area contributed by atoms with Crippen molar-refractivity contribution in [1.29, 1.82) is 0 Å². The Kier molecular flexibility index (Phi) is 4.03. The predicted octanol–water partition coefficient (Wildman–Crippen LogP) is 3.25. The molecule has 20 heavy (non-hydrogen) atoms. The number of nitrogens with zero attached hydrogens (tertiary/aromatic N) is 2. The zero-order chi connectivity index (χ0) is 14.7. The molecule has 0 unspecified atom stereocenters. The van der Waals surface area contributed by atoms with Crippen LogP contribution >= 0.6 is 0 Å². The number of methoxy groups -OCH3 is 1. The molecule has 0 amide bonds. The maximum atomic E-state index is 11.8. The standard InChI is InChI=1S/C16H18N2O2/c1-11-7-8-13(10-12(11)2)18(3)15-14(16(19)20-4)6-5-9-17-15/h5-10H,1-4H3. The van der Waals surface area contributed by atoms with Gasteiger partial charge < -0.3 is 9.64 Å². The first-order valence-electron chi connectivity index (χ1n) is 6.39. The van der Waals surface area contributed by atoms with E-state index in [2.05, 4.69) is 31.0 Å². The van der Waals surface area contributed by atoms with E-state index in [0.29, 0.717) is 11.4 Å². The number of hydrogen-bond donors (Lipinski definition) is 0. The van der Waals surface area contributed by atoms with Crippen LogP contribution in [0.2, 0.25) is 0 Å². The molecule has 0 saturated heterocycles. The Morgan fingerprint density at radius 1 is 1.20 bits per heavy atom. The summed E-state index contributed by atoms with van der Waals surface area (Å²) in [6.45, 7) is 4.13. The van der Waals surface area contributed by atoms with Crippen LogP contribution in [0.4, 0.5) is 11.5 Å². The molecule has 104 valence electrons. The predicted molar refractivity (Wildman–Crippen MR) is 79.6 cm³/mol. The lowest BCUT2D eigenvalue weighted by Crippen LogP contribution is -2.16. The molecule has 0 fully saturated rings. The smallest absolute Gasteiger partial charge is 0.341 e. The summed E-state index contributed by atoms with van der Waals surface area (Å²) in [4.78, 5) is 18.0. The highest BCUT2D eigenvalue weighted by Crippen LogP contribution is 2.26. The van der Waals surface area contributed by atoms with Crippen LogP contribution < -0.4 is 4.90 Å². The lowest BCUT2D eigenvalue weighted by Gasteiger charge is -2.21. The number of anilines is 2. The molecule has 0 spiro atoms. The van der Waals surface area contributed by atoms with Gasteiger partial charge in [-0.15, -0.1) is 0 Å². The molecule has 1 heterocycles. The van der Waals surface area contributed by atoms with Crippen molar-refractivity contribution in [2.75, 3.05) is 19.1 Å². The zero-order valence-corrected chi connectivity index (χ0v) is 12.2. The van der Waals surface area contributed by atoms with Crippen molar-refractivity contribution < 1.29 is 9.53 Å². The summed E-state index contributed by atoms with van der Waals surface area (Å²) in [6.07, 6.45) is 1.67. The Morgan fingerprint density at radius 3 is 2.60 bits per heavy atom. The number of carbonyl (C=O) groups is 1. The molecule has 0 bridgehead atoms. The number of aryl methyl sites for hydroxylation is 2. The Labute approximate surface area is 119 Å². The minimum atomic E-state index is -0.385. The van der Waals surface area contributed by atoms with E-state index in [1.807, 2.05) is 18.0 Å². The Balaban J connectivity index is 2.45. The highest BCUT2D eigenvalue weighted by atomic mass is 16.5. The normalized spacial score (nSPS) is 10.2. The Morgan fingerprint density at radius 2 is 1.95 bits per heavy atom. The van der Waals surface area contributed by atoms with E-state index >= 15 is 0 Å². The number of pyridine rings is 1. The van der Waals surface area contributed by atoms with Crippen molar-refractivity contribution in [3.63, 3.8) is 0 Å². The summed E-state index contributed by atoms with van der Waals surface area (Å²) < 4.78 is 4.80. The lowest BCUT2D eigenvalue weighted by molar-refractivity contribution is 0.0601. The van der Waals surface area contributed by atoms with E-state index in [1.165, 1.54) is 18.2 Å². The van der Waals surface area contributed by atoms with E-state index in [-0.39, 0.29) is 5.97 Å². The van der Waals surface area contributed by atoms with E-state index < -0.39 is 0 Å². The van der Waals surface area contributed by atoms with Crippen LogP contribution in [0.1, 0.15) is 21.5 Å². The van der Waals surface area contributed by atoms with E-state index in [1.54, 1.807) is 18.3 Å². The summed E-state index contributed by atoms with van der Waals surface area (Å²) in [5.41, 5.74) is 3.87. The maximum Gasteiger partial charge on any atom is 0.341 e. The third-order valence-corrected chi connectivity index (χ3v) is 3.39. The molecule has 1 aromatic carbocycles. The number of rotatable bonds is 3. The first-order chi connectivity index (χ1) is 9.54. The minimum absolute atomic E-state index is 0.385. The molecular formula is C16H18N2O2. The van der Waals surface area contributed by atoms with Gasteiger partial charge in [0, 0.05) is 18.9 Å². The lowest BCUT2D eigenvalue weighted by atomic mass is 10.1. The molecule has 1 aromatic heterocycles. The van der Waals surface area contributed by atoms with Gasteiger partial charge in [0.1, 0.15) is 11.4 Å².